The lowest BCUT2D eigenvalue weighted by Gasteiger charge is -2.30. The second kappa shape index (κ2) is 9.77. The minimum atomic E-state index is -3.37. The van der Waals surface area contributed by atoms with Crippen molar-refractivity contribution >= 4 is 44.7 Å². The van der Waals surface area contributed by atoms with Gasteiger partial charge in [0.25, 0.3) is 5.91 Å². The molecule has 0 bridgehead atoms. The van der Waals surface area contributed by atoms with Crippen LogP contribution in [0.15, 0.2) is 71.6 Å². The molecule has 4 rings (SSSR count). The predicted molar refractivity (Wildman–Crippen MR) is 144 cm³/mol. The second-order valence-electron chi connectivity index (χ2n) is 8.97. The molecule has 0 saturated carbocycles. The molecule has 0 atom stereocenters. The molecule has 2 aromatic heterocycles. The van der Waals surface area contributed by atoms with Crippen LogP contribution in [0.5, 0.6) is 0 Å². The monoisotopic (exact) mass is 557 g/mol. The summed E-state index contributed by atoms with van der Waals surface area (Å²) in [4.78, 5) is 27.9. The van der Waals surface area contributed by atoms with Gasteiger partial charge in [0.05, 0.1) is 26.2 Å². The normalized spacial score (nSPS) is 11.9. The van der Waals surface area contributed by atoms with Crippen molar-refractivity contribution in [3.05, 3.63) is 77.4 Å². The number of carboxylic acids is 1. The lowest BCUT2D eigenvalue weighted by molar-refractivity contribution is -0.147. The van der Waals surface area contributed by atoms with Crippen molar-refractivity contribution in [2.24, 2.45) is 0 Å². The largest absolute Gasteiger partial charge is 0.480 e. The molecule has 2 heterocycles. The molecule has 0 aliphatic heterocycles. The van der Waals surface area contributed by atoms with E-state index in [0.717, 1.165) is 26.5 Å². The Kier molecular flexibility index (Phi) is 7.02. The van der Waals surface area contributed by atoms with E-state index in [4.69, 9.17) is 11.6 Å². The minimum absolute atomic E-state index is 0.0563. The van der Waals surface area contributed by atoms with Crippen LogP contribution < -0.4 is 0 Å². The zero-order chi connectivity index (χ0) is 27.1. The molecule has 2 aromatic carbocycles. The third-order valence-corrected chi connectivity index (χ3v) is 8.67. The van der Waals surface area contributed by atoms with Crippen molar-refractivity contribution in [3.63, 3.8) is 0 Å². The number of benzene rings is 2. The van der Waals surface area contributed by atoms with Crippen LogP contribution in [0.2, 0.25) is 5.02 Å². The number of rotatable bonds is 7. The summed E-state index contributed by atoms with van der Waals surface area (Å²) >= 11 is 7.86. The molecule has 0 saturated heterocycles. The number of carbonyl (C=O) groups excluding carboxylic acids is 1. The lowest BCUT2D eigenvalue weighted by atomic mass is 10.0. The first-order valence-corrected chi connectivity index (χ1v) is 14.2. The summed E-state index contributed by atoms with van der Waals surface area (Å²) in [6.45, 7) is 2.88. The third kappa shape index (κ3) is 5.18. The fourth-order valence-electron chi connectivity index (χ4n) is 3.55. The number of likely N-dealkylation sites (N-methyl/N-ethyl adjacent to an activating group) is 1. The molecular weight excluding hydrogens is 534 g/mol. The molecule has 4 aromatic rings. The zero-order valence-electron chi connectivity index (χ0n) is 20.5. The van der Waals surface area contributed by atoms with Crippen LogP contribution >= 0.6 is 22.9 Å². The number of hydrogen-bond acceptors (Lipinski definition) is 6. The highest BCUT2D eigenvalue weighted by atomic mass is 35.5. The molecule has 0 spiro atoms. The number of para-hydroxylation sites is 1. The van der Waals surface area contributed by atoms with Gasteiger partial charge < -0.3 is 10.0 Å². The quantitative estimate of drug-likeness (QED) is 0.332. The van der Waals surface area contributed by atoms with Gasteiger partial charge in [0.1, 0.15) is 5.54 Å². The van der Waals surface area contributed by atoms with E-state index in [2.05, 4.69) is 5.10 Å². The van der Waals surface area contributed by atoms with Gasteiger partial charge >= 0.3 is 5.97 Å². The van der Waals surface area contributed by atoms with Gasteiger partial charge in [-0.3, -0.25) is 4.79 Å². The van der Waals surface area contributed by atoms with Gasteiger partial charge in [-0.2, -0.15) is 5.10 Å². The first-order chi connectivity index (χ1) is 17.3. The molecule has 192 valence electrons. The number of carbonyl (C=O) groups is 2. The average Bonchev–Trinajstić information content (AvgIpc) is 3.50. The summed E-state index contributed by atoms with van der Waals surface area (Å²) in [5, 5.41) is 14.5. The minimum Gasteiger partial charge on any atom is -0.480 e. The van der Waals surface area contributed by atoms with Crippen LogP contribution in [-0.4, -0.2) is 58.9 Å². The average molecular weight is 558 g/mol. The maximum Gasteiger partial charge on any atom is 0.329 e. The van der Waals surface area contributed by atoms with Gasteiger partial charge in [0.2, 0.25) is 0 Å². The number of sulfone groups is 1. The molecule has 0 radical (unpaired) electrons. The van der Waals surface area contributed by atoms with Gasteiger partial charge in [-0.15, -0.1) is 11.3 Å². The SMILES string of the molecule is CN(C(=O)c1cc(-c2ccc(-c3cccc(S(C)(=O)=O)c3)s2)n(-c2ccccc2Cl)n1)C(C)(C)C(=O)O. The number of carboxylic acid groups (broad SMARTS) is 1. The van der Waals surface area contributed by atoms with E-state index in [9.17, 15) is 23.1 Å². The first kappa shape index (κ1) is 26.6. The Hall–Kier alpha value is -3.47. The summed E-state index contributed by atoms with van der Waals surface area (Å²) < 4.78 is 25.6. The Morgan fingerprint density at radius 1 is 1.03 bits per heavy atom. The fourth-order valence-corrected chi connectivity index (χ4v) is 5.43. The van der Waals surface area contributed by atoms with Crippen LogP contribution in [0.4, 0.5) is 0 Å². The molecular formula is C26H24ClN3O5S2. The van der Waals surface area contributed by atoms with E-state index >= 15 is 0 Å². The number of aliphatic carboxylic acids is 1. The number of hydrogen-bond donors (Lipinski definition) is 1. The topological polar surface area (TPSA) is 110 Å². The van der Waals surface area contributed by atoms with Crippen molar-refractivity contribution in [3.8, 4) is 26.7 Å². The predicted octanol–water partition coefficient (Wildman–Crippen LogP) is 5.26. The molecule has 37 heavy (non-hydrogen) atoms. The number of halogens is 1. The van der Waals surface area contributed by atoms with Gasteiger partial charge in [-0.1, -0.05) is 35.9 Å². The number of amides is 1. The fraction of sp³-hybridized carbons (Fsp3) is 0.192. The Morgan fingerprint density at radius 2 is 1.70 bits per heavy atom. The van der Waals surface area contributed by atoms with Crippen molar-refractivity contribution in [2.75, 3.05) is 13.3 Å². The van der Waals surface area contributed by atoms with Crippen LogP contribution in [-0.2, 0) is 14.6 Å². The summed E-state index contributed by atoms with van der Waals surface area (Å²) in [5.74, 6) is -1.70. The molecule has 8 nitrogen and oxygen atoms in total. The number of nitrogens with zero attached hydrogens (tertiary/aromatic N) is 3. The molecule has 1 amide bonds. The lowest BCUT2D eigenvalue weighted by Crippen LogP contribution is -2.50. The van der Waals surface area contributed by atoms with Crippen molar-refractivity contribution in [1.82, 2.24) is 14.7 Å². The molecule has 0 aliphatic rings. The highest BCUT2D eigenvalue weighted by Crippen LogP contribution is 2.37. The van der Waals surface area contributed by atoms with Gasteiger partial charge in [-0.05, 0) is 61.9 Å². The smallest absolute Gasteiger partial charge is 0.329 e. The molecule has 0 unspecified atom stereocenters. The van der Waals surface area contributed by atoms with Crippen LogP contribution in [0.25, 0.3) is 26.7 Å². The van der Waals surface area contributed by atoms with E-state index in [1.165, 1.54) is 32.2 Å². The number of thiophene rings is 1. The van der Waals surface area contributed by atoms with Crippen molar-refractivity contribution in [2.45, 2.75) is 24.3 Å². The van der Waals surface area contributed by atoms with Crippen LogP contribution in [0, 0.1) is 0 Å². The number of aromatic nitrogens is 2. The Balaban J connectivity index is 1.83. The highest BCUT2D eigenvalue weighted by molar-refractivity contribution is 7.90. The molecule has 0 aliphatic carbocycles. The highest BCUT2D eigenvalue weighted by Gasteiger charge is 2.37. The van der Waals surface area contributed by atoms with E-state index in [-0.39, 0.29) is 10.6 Å². The van der Waals surface area contributed by atoms with Gasteiger partial charge in [0, 0.05) is 18.2 Å². The second-order valence-corrected chi connectivity index (χ2v) is 12.5. The maximum absolute atomic E-state index is 13.3. The molecule has 1 N–H and O–H groups in total. The van der Waals surface area contributed by atoms with Gasteiger partial charge in [0.15, 0.2) is 15.5 Å². The Bertz CT molecular complexity index is 1620. The van der Waals surface area contributed by atoms with Crippen molar-refractivity contribution in [1.29, 1.82) is 0 Å². The van der Waals surface area contributed by atoms with E-state index < -0.39 is 27.3 Å². The Labute approximate surface area is 223 Å². The van der Waals surface area contributed by atoms with E-state index in [1.807, 2.05) is 18.2 Å². The van der Waals surface area contributed by atoms with Crippen molar-refractivity contribution < 1.29 is 23.1 Å². The van der Waals surface area contributed by atoms with Gasteiger partial charge in [-0.25, -0.2) is 17.9 Å². The summed E-state index contributed by atoms with van der Waals surface area (Å²) in [5.41, 5.74) is 0.468. The summed E-state index contributed by atoms with van der Waals surface area (Å²) in [6, 6.07) is 19.1. The summed E-state index contributed by atoms with van der Waals surface area (Å²) in [7, 11) is -1.95. The van der Waals surface area contributed by atoms with Crippen LogP contribution in [0.1, 0.15) is 24.3 Å². The van der Waals surface area contributed by atoms with E-state index in [0.29, 0.717) is 16.4 Å². The molecule has 11 heteroatoms. The Morgan fingerprint density at radius 3 is 2.35 bits per heavy atom. The molecule has 0 fully saturated rings. The first-order valence-electron chi connectivity index (χ1n) is 11.1. The third-order valence-electron chi connectivity index (χ3n) is 6.08. The summed E-state index contributed by atoms with van der Waals surface area (Å²) in [6.07, 6.45) is 1.16. The van der Waals surface area contributed by atoms with Crippen LogP contribution in [0.3, 0.4) is 0 Å². The zero-order valence-corrected chi connectivity index (χ0v) is 22.9. The maximum atomic E-state index is 13.3. The standard InChI is InChI=1S/C26H24ClN3O5S2/c1-26(2,25(32)33)29(3)24(31)19-15-21(30(28-19)20-11-6-5-10-18(20)27)23-13-12-22(36-23)16-8-7-9-17(14-16)37(4,34)35/h5-15H,1-4H3,(H,32,33). The van der Waals surface area contributed by atoms with E-state index in [1.54, 1.807) is 53.2 Å².